The number of hydrogen-bond acceptors (Lipinski definition) is 4. The van der Waals surface area contributed by atoms with Crippen LogP contribution in [0.15, 0.2) is 72.8 Å². The standard InChI is InChI=1S/C20H20N2O2/c23-17-11-12-18(24)20(22-14-16-9-5-2-6-10-16)19(17)21-13-15-7-3-1-4-8-15/h1-12,21-24H,13-14H2. The molecule has 0 unspecified atom stereocenters. The topological polar surface area (TPSA) is 64.5 Å². The number of hydrogen-bond donors (Lipinski definition) is 4. The third-order valence-electron chi connectivity index (χ3n) is 3.79. The summed E-state index contributed by atoms with van der Waals surface area (Å²) in [5, 5.41) is 26.8. The van der Waals surface area contributed by atoms with E-state index in [4.69, 9.17) is 0 Å². The maximum atomic E-state index is 10.2. The van der Waals surface area contributed by atoms with E-state index in [1.807, 2.05) is 60.7 Å². The van der Waals surface area contributed by atoms with E-state index < -0.39 is 0 Å². The summed E-state index contributed by atoms with van der Waals surface area (Å²) in [6, 6.07) is 22.8. The highest BCUT2D eigenvalue weighted by atomic mass is 16.3. The van der Waals surface area contributed by atoms with Crippen molar-refractivity contribution in [2.24, 2.45) is 0 Å². The molecule has 0 aliphatic rings. The molecule has 3 aromatic carbocycles. The molecule has 0 radical (unpaired) electrons. The quantitative estimate of drug-likeness (QED) is 0.403. The van der Waals surface area contributed by atoms with Crippen molar-refractivity contribution >= 4 is 11.4 Å². The van der Waals surface area contributed by atoms with Crippen molar-refractivity contribution in [2.45, 2.75) is 13.1 Å². The first-order chi connectivity index (χ1) is 11.7. The summed E-state index contributed by atoms with van der Waals surface area (Å²) in [6.07, 6.45) is 0. The van der Waals surface area contributed by atoms with Crippen LogP contribution in [0.5, 0.6) is 11.5 Å². The Bertz CT molecular complexity index is 721. The first kappa shape index (κ1) is 15.7. The Kier molecular flexibility index (Phi) is 4.87. The summed E-state index contributed by atoms with van der Waals surface area (Å²) < 4.78 is 0. The average Bonchev–Trinajstić information content (AvgIpc) is 2.63. The molecule has 0 aliphatic heterocycles. The van der Waals surface area contributed by atoms with E-state index in [1.54, 1.807) is 0 Å². The molecule has 3 rings (SSSR count). The number of rotatable bonds is 6. The molecule has 0 amide bonds. The molecule has 0 saturated carbocycles. The van der Waals surface area contributed by atoms with Crippen molar-refractivity contribution in [1.82, 2.24) is 0 Å². The summed E-state index contributed by atoms with van der Waals surface area (Å²) in [6.45, 7) is 1.11. The van der Waals surface area contributed by atoms with Gasteiger partial charge >= 0.3 is 0 Å². The zero-order valence-electron chi connectivity index (χ0n) is 13.2. The van der Waals surface area contributed by atoms with E-state index in [1.165, 1.54) is 12.1 Å². The molecule has 0 spiro atoms. The van der Waals surface area contributed by atoms with Gasteiger partial charge in [-0.15, -0.1) is 0 Å². The van der Waals surface area contributed by atoms with E-state index in [2.05, 4.69) is 10.6 Å². The highest BCUT2D eigenvalue weighted by Gasteiger charge is 2.12. The van der Waals surface area contributed by atoms with Gasteiger partial charge in [-0.3, -0.25) is 0 Å². The van der Waals surface area contributed by atoms with Gasteiger partial charge in [-0.05, 0) is 23.3 Å². The molecule has 0 bridgehead atoms. The van der Waals surface area contributed by atoms with Gasteiger partial charge in [-0.2, -0.15) is 0 Å². The van der Waals surface area contributed by atoms with E-state index in [-0.39, 0.29) is 11.5 Å². The molecule has 0 heterocycles. The second kappa shape index (κ2) is 7.42. The fourth-order valence-electron chi connectivity index (χ4n) is 2.51. The molecule has 0 fully saturated rings. The smallest absolute Gasteiger partial charge is 0.141 e. The number of phenolic OH excluding ortho intramolecular Hbond substituents is 2. The zero-order valence-corrected chi connectivity index (χ0v) is 13.2. The minimum atomic E-state index is 0.0966. The van der Waals surface area contributed by atoms with Crippen molar-refractivity contribution in [1.29, 1.82) is 0 Å². The van der Waals surface area contributed by atoms with Crippen molar-refractivity contribution < 1.29 is 10.2 Å². The van der Waals surface area contributed by atoms with Crippen LogP contribution in [0.3, 0.4) is 0 Å². The molecule has 3 aromatic rings. The number of benzene rings is 3. The van der Waals surface area contributed by atoms with Crippen molar-refractivity contribution in [3.05, 3.63) is 83.9 Å². The van der Waals surface area contributed by atoms with Crippen LogP contribution in [-0.2, 0) is 13.1 Å². The van der Waals surface area contributed by atoms with Gasteiger partial charge in [0.2, 0.25) is 0 Å². The molecular weight excluding hydrogens is 300 g/mol. The predicted octanol–water partition coefficient (Wildman–Crippen LogP) is 4.32. The van der Waals surface area contributed by atoms with Crippen LogP contribution in [0.1, 0.15) is 11.1 Å². The maximum Gasteiger partial charge on any atom is 0.141 e. The predicted molar refractivity (Wildman–Crippen MR) is 97.3 cm³/mol. The molecule has 122 valence electrons. The van der Waals surface area contributed by atoms with Crippen molar-refractivity contribution in [3.63, 3.8) is 0 Å². The lowest BCUT2D eigenvalue weighted by Gasteiger charge is -2.17. The van der Waals surface area contributed by atoms with Gasteiger partial charge in [0.1, 0.15) is 22.9 Å². The van der Waals surface area contributed by atoms with Crippen LogP contribution in [0.25, 0.3) is 0 Å². The third kappa shape index (κ3) is 3.79. The highest BCUT2D eigenvalue weighted by molar-refractivity contribution is 5.80. The van der Waals surface area contributed by atoms with Crippen LogP contribution in [0.4, 0.5) is 11.4 Å². The minimum Gasteiger partial charge on any atom is -0.506 e. The summed E-state index contributed by atoms with van der Waals surface area (Å²) in [5.74, 6) is 0.193. The Hall–Kier alpha value is -3.14. The SMILES string of the molecule is Oc1ccc(O)c(NCc2ccccc2)c1NCc1ccccc1. The van der Waals surface area contributed by atoms with Crippen LogP contribution in [-0.4, -0.2) is 10.2 Å². The van der Waals surface area contributed by atoms with Gasteiger partial charge in [0.05, 0.1) is 0 Å². The van der Waals surface area contributed by atoms with Gasteiger partial charge in [0, 0.05) is 13.1 Å². The Labute approximate surface area is 141 Å². The minimum absolute atomic E-state index is 0.0966. The van der Waals surface area contributed by atoms with E-state index in [0.29, 0.717) is 24.5 Å². The van der Waals surface area contributed by atoms with Gasteiger partial charge < -0.3 is 20.8 Å². The second-order valence-corrected chi connectivity index (χ2v) is 5.53. The lowest BCUT2D eigenvalue weighted by Crippen LogP contribution is -2.06. The van der Waals surface area contributed by atoms with Gasteiger partial charge in [-0.1, -0.05) is 60.7 Å². The first-order valence-corrected chi connectivity index (χ1v) is 7.84. The average molecular weight is 320 g/mol. The Morgan fingerprint density at radius 2 is 0.917 bits per heavy atom. The van der Waals surface area contributed by atoms with Crippen LogP contribution in [0, 0.1) is 0 Å². The lowest BCUT2D eigenvalue weighted by molar-refractivity contribution is 0.463. The first-order valence-electron chi connectivity index (χ1n) is 7.84. The van der Waals surface area contributed by atoms with Crippen molar-refractivity contribution in [2.75, 3.05) is 10.6 Å². The van der Waals surface area contributed by atoms with Crippen LogP contribution >= 0.6 is 0 Å². The Balaban J connectivity index is 1.78. The van der Waals surface area contributed by atoms with Crippen LogP contribution in [0.2, 0.25) is 0 Å². The van der Waals surface area contributed by atoms with E-state index in [0.717, 1.165) is 11.1 Å². The number of phenols is 2. The summed E-state index contributed by atoms with van der Waals surface area (Å²) in [4.78, 5) is 0. The normalized spacial score (nSPS) is 10.3. The molecular formula is C20H20N2O2. The third-order valence-corrected chi connectivity index (χ3v) is 3.79. The van der Waals surface area contributed by atoms with Crippen molar-refractivity contribution in [3.8, 4) is 11.5 Å². The molecule has 4 nitrogen and oxygen atoms in total. The van der Waals surface area contributed by atoms with E-state index in [9.17, 15) is 10.2 Å². The second-order valence-electron chi connectivity index (χ2n) is 5.53. The molecule has 4 N–H and O–H groups in total. The number of aromatic hydroxyl groups is 2. The maximum absolute atomic E-state index is 10.2. The summed E-state index contributed by atoms with van der Waals surface area (Å²) in [7, 11) is 0. The lowest BCUT2D eigenvalue weighted by atomic mass is 10.1. The zero-order chi connectivity index (χ0) is 16.8. The fourth-order valence-corrected chi connectivity index (χ4v) is 2.51. The molecule has 0 aromatic heterocycles. The fraction of sp³-hybridized carbons (Fsp3) is 0.100. The summed E-state index contributed by atoms with van der Waals surface area (Å²) >= 11 is 0. The molecule has 0 saturated heterocycles. The largest absolute Gasteiger partial charge is 0.506 e. The molecule has 24 heavy (non-hydrogen) atoms. The van der Waals surface area contributed by atoms with Crippen LogP contribution < -0.4 is 10.6 Å². The molecule has 0 aliphatic carbocycles. The molecule has 4 heteroatoms. The van der Waals surface area contributed by atoms with Gasteiger partial charge in [0.15, 0.2) is 0 Å². The van der Waals surface area contributed by atoms with E-state index >= 15 is 0 Å². The summed E-state index contributed by atoms with van der Waals surface area (Å²) in [5.41, 5.74) is 3.17. The monoisotopic (exact) mass is 320 g/mol. The Morgan fingerprint density at radius 1 is 0.542 bits per heavy atom. The Morgan fingerprint density at radius 3 is 1.29 bits per heavy atom. The molecule has 0 atom stereocenters. The number of anilines is 2. The van der Waals surface area contributed by atoms with Gasteiger partial charge in [-0.25, -0.2) is 0 Å². The van der Waals surface area contributed by atoms with Gasteiger partial charge in [0.25, 0.3) is 0 Å². The highest BCUT2D eigenvalue weighted by Crippen LogP contribution is 2.39. The number of nitrogens with one attached hydrogen (secondary N) is 2.